The molecule has 0 spiro atoms. The SMILES string of the molecule is CCCn1c(CCC(=O)Nc2ccccc2C(C)=O)nc2cc(S(=O)(=O)N(CC)CC)ccc21. The van der Waals surface area contributed by atoms with Crippen LogP contribution in [0.2, 0.25) is 0 Å². The summed E-state index contributed by atoms with van der Waals surface area (Å²) < 4.78 is 29.3. The number of carbonyl (C=O) groups excluding carboxylic acids is 2. The van der Waals surface area contributed by atoms with Gasteiger partial charge in [-0.05, 0) is 43.7 Å². The van der Waals surface area contributed by atoms with E-state index in [1.165, 1.54) is 11.2 Å². The molecule has 0 aliphatic heterocycles. The molecule has 3 aromatic rings. The first kappa shape index (κ1) is 25.6. The molecule has 0 saturated carbocycles. The minimum atomic E-state index is -3.59. The van der Waals surface area contributed by atoms with Crippen molar-refractivity contribution < 1.29 is 18.0 Å². The summed E-state index contributed by atoms with van der Waals surface area (Å²) in [7, 11) is -3.59. The van der Waals surface area contributed by atoms with Gasteiger partial charge < -0.3 is 9.88 Å². The van der Waals surface area contributed by atoms with Crippen LogP contribution in [-0.2, 0) is 27.8 Å². The molecule has 9 heteroatoms. The number of rotatable bonds is 11. The van der Waals surface area contributed by atoms with Crippen molar-refractivity contribution in [2.45, 2.75) is 58.4 Å². The number of imidazole rings is 1. The van der Waals surface area contributed by atoms with Gasteiger partial charge in [0.1, 0.15) is 5.82 Å². The summed E-state index contributed by atoms with van der Waals surface area (Å²) in [5.74, 6) is 0.397. The highest BCUT2D eigenvalue weighted by Crippen LogP contribution is 2.24. The number of ketones is 1. The van der Waals surface area contributed by atoms with Gasteiger partial charge in [-0.2, -0.15) is 4.31 Å². The molecule has 0 saturated heterocycles. The molecule has 1 amide bonds. The second-order valence-corrected chi connectivity index (χ2v) is 10.0. The van der Waals surface area contributed by atoms with Gasteiger partial charge in [0.05, 0.1) is 21.6 Å². The second kappa shape index (κ2) is 10.9. The molecule has 0 aliphatic carbocycles. The van der Waals surface area contributed by atoms with E-state index in [0.717, 1.165) is 17.8 Å². The molecule has 1 heterocycles. The molecule has 0 bridgehead atoms. The summed E-state index contributed by atoms with van der Waals surface area (Å²) in [6, 6.07) is 11.9. The zero-order valence-corrected chi connectivity index (χ0v) is 21.0. The lowest BCUT2D eigenvalue weighted by Gasteiger charge is -2.18. The van der Waals surface area contributed by atoms with Crippen molar-refractivity contribution in [3.8, 4) is 0 Å². The van der Waals surface area contributed by atoms with Crippen LogP contribution in [0.4, 0.5) is 5.69 Å². The molecule has 0 unspecified atom stereocenters. The van der Waals surface area contributed by atoms with Crippen molar-refractivity contribution >= 4 is 38.4 Å². The number of hydrogen-bond donors (Lipinski definition) is 1. The van der Waals surface area contributed by atoms with Gasteiger partial charge in [0.25, 0.3) is 0 Å². The number of carbonyl (C=O) groups is 2. The number of anilines is 1. The molecule has 34 heavy (non-hydrogen) atoms. The minimum Gasteiger partial charge on any atom is -0.328 e. The molecule has 0 fully saturated rings. The highest BCUT2D eigenvalue weighted by atomic mass is 32.2. The summed E-state index contributed by atoms with van der Waals surface area (Å²) in [5, 5.41) is 2.82. The average molecular weight is 485 g/mol. The van der Waals surface area contributed by atoms with Gasteiger partial charge >= 0.3 is 0 Å². The Morgan fingerprint density at radius 3 is 2.41 bits per heavy atom. The van der Waals surface area contributed by atoms with E-state index in [4.69, 9.17) is 0 Å². The monoisotopic (exact) mass is 484 g/mol. The number of Topliss-reactive ketones (excluding diaryl/α,β-unsaturated/α-hetero) is 1. The third kappa shape index (κ3) is 5.37. The molecule has 0 atom stereocenters. The predicted octanol–water partition coefficient (Wildman–Crippen LogP) is 4.25. The number of para-hydroxylation sites is 1. The molecular formula is C25H32N4O4S. The van der Waals surface area contributed by atoms with Crippen molar-refractivity contribution in [1.29, 1.82) is 0 Å². The van der Waals surface area contributed by atoms with E-state index in [2.05, 4.69) is 17.2 Å². The van der Waals surface area contributed by atoms with Gasteiger partial charge in [-0.1, -0.05) is 32.9 Å². The Labute approximate surface area is 201 Å². The van der Waals surface area contributed by atoms with Crippen molar-refractivity contribution in [1.82, 2.24) is 13.9 Å². The first-order chi connectivity index (χ1) is 16.2. The van der Waals surface area contributed by atoms with Gasteiger partial charge in [-0.25, -0.2) is 13.4 Å². The normalized spacial score (nSPS) is 11.8. The molecule has 0 radical (unpaired) electrons. The van der Waals surface area contributed by atoms with E-state index >= 15 is 0 Å². The van der Waals surface area contributed by atoms with Crippen LogP contribution in [0.15, 0.2) is 47.4 Å². The Morgan fingerprint density at radius 1 is 1.06 bits per heavy atom. The Hall–Kier alpha value is -3.04. The zero-order chi connectivity index (χ0) is 24.9. The Morgan fingerprint density at radius 2 is 1.76 bits per heavy atom. The number of nitrogens with zero attached hydrogens (tertiary/aromatic N) is 3. The largest absolute Gasteiger partial charge is 0.328 e. The summed E-state index contributed by atoms with van der Waals surface area (Å²) in [5.41, 5.74) is 2.40. The van der Waals surface area contributed by atoms with E-state index in [-0.39, 0.29) is 23.0 Å². The van der Waals surface area contributed by atoms with Crippen molar-refractivity contribution in [3.63, 3.8) is 0 Å². The maximum absolute atomic E-state index is 12.9. The summed E-state index contributed by atoms with van der Waals surface area (Å²) in [4.78, 5) is 29.3. The Kier molecular flexibility index (Phi) is 8.22. The molecule has 1 aromatic heterocycles. The van der Waals surface area contributed by atoms with Crippen LogP contribution >= 0.6 is 0 Å². The summed E-state index contributed by atoms with van der Waals surface area (Å²) in [6.45, 7) is 8.65. The first-order valence-corrected chi connectivity index (χ1v) is 13.1. The molecule has 1 N–H and O–H groups in total. The van der Waals surface area contributed by atoms with Gasteiger partial charge in [0.15, 0.2) is 5.78 Å². The third-order valence-electron chi connectivity index (χ3n) is 5.75. The second-order valence-electron chi connectivity index (χ2n) is 8.07. The van der Waals surface area contributed by atoms with Crippen LogP contribution in [-0.4, -0.2) is 47.1 Å². The van der Waals surface area contributed by atoms with E-state index in [9.17, 15) is 18.0 Å². The number of amides is 1. The van der Waals surface area contributed by atoms with E-state index in [1.807, 2.05) is 18.4 Å². The molecule has 2 aromatic carbocycles. The topological polar surface area (TPSA) is 101 Å². The predicted molar refractivity (Wildman–Crippen MR) is 134 cm³/mol. The average Bonchev–Trinajstić information content (AvgIpc) is 3.15. The summed E-state index contributed by atoms with van der Waals surface area (Å²) >= 11 is 0. The lowest BCUT2D eigenvalue weighted by molar-refractivity contribution is -0.116. The van der Waals surface area contributed by atoms with E-state index in [1.54, 1.807) is 42.5 Å². The van der Waals surface area contributed by atoms with Gasteiger partial charge in [0.2, 0.25) is 15.9 Å². The molecule has 3 rings (SSSR count). The number of sulfonamides is 1. The number of fused-ring (bicyclic) bond motifs is 1. The standard InChI is InChI=1S/C25H32N4O4S/c1-5-16-29-23-13-12-19(34(32,33)28(6-2)7-3)17-22(23)26-24(29)14-15-25(31)27-21-11-9-8-10-20(21)18(4)30/h8-13,17H,5-7,14-16H2,1-4H3,(H,27,31). The lowest BCUT2D eigenvalue weighted by Crippen LogP contribution is -2.30. The minimum absolute atomic E-state index is 0.115. The first-order valence-electron chi connectivity index (χ1n) is 11.6. The number of benzene rings is 2. The fourth-order valence-electron chi connectivity index (χ4n) is 4.03. The lowest BCUT2D eigenvalue weighted by atomic mass is 10.1. The van der Waals surface area contributed by atoms with E-state index < -0.39 is 10.0 Å². The van der Waals surface area contributed by atoms with Crippen molar-refractivity contribution in [3.05, 3.63) is 53.9 Å². The van der Waals surface area contributed by atoms with Crippen LogP contribution in [0, 0.1) is 0 Å². The van der Waals surface area contributed by atoms with Crippen molar-refractivity contribution in [2.75, 3.05) is 18.4 Å². The van der Waals surface area contributed by atoms with Gasteiger partial charge in [-0.15, -0.1) is 0 Å². The highest BCUT2D eigenvalue weighted by Gasteiger charge is 2.23. The molecule has 182 valence electrons. The Bertz CT molecular complexity index is 1290. The number of hydrogen-bond acceptors (Lipinski definition) is 5. The zero-order valence-electron chi connectivity index (χ0n) is 20.2. The van der Waals surface area contributed by atoms with Crippen molar-refractivity contribution in [2.24, 2.45) is 0 Å². The highest BCUT2D eigenvalue weighted by molar-refractivity contribution is 7.89. The molecule has 0 aliphatic rings. The number of aromatic nitrogens is 2. The smallest absolute Gasteiger partial charge is 0.243 e. The van der Waals surface area contributed by atoms with Crippen LogP contribution < -0.4 is 5.32 Å². The molecule has 8 nitrogen and oxygen atoms in total. The van der Waals surface area contributed by atoms with Crippen LogP contribution in [0.3, 0.4) is 0 Å². The fourth-order valence-corrected chi connectivity index (χ4v) is 5.51. The quantitative estimate of drug-likeness (QED) is 0.410. The summed E-state index contributed by atoms with van der Waals surface area (Å²) in [6.07, 6.45) is 1.45. The van der Waals surface area contributed by atoms with Crippen LogP contribution in [0.25, 0.3) is 11.0 Å². The number of nitrogens with one attached hydrogen (secondary N) is 1. The van der Waals surface area contributed by atoms with Crippen LogP contribution in [0.5, 0.6) is 0 Å². The maximum Gasteiger partial charge on any atom is 0.243 e. The number of aryl methyl sites for hydroxylation is 2. The Balaban J connectivity index is 1.85. The van der Waals surface area contributed by atoms with Crippen LogP contribution in [0.1, 0.15) is 56.7 Å². The van der Waals surface area contributed by atoms with E-state index in [0.29, 0.717) is 42.8 Å². The van der Waals surface area contributed by atoms with Gasteiger partial charge in [-0.3, -0.25) is 9.59 Å². The molecular weight excluding hydrogens is 452 g/mol. The van der Waals surface area contributed by atoms with Gasteiger partial charge in [0, 0.05) is 38.0 Å². The third-order valence-corrected chi connectivity index (χ3v) is 7.79. The fraction of sp³-hybridized carbons (Fsp3) is 0.400. The maximum atomic E-state index is 12.9.